The minimum Gasteiger partial charge on any atom is -0.380 e. The summed E-state index contributed by atoms with van der Waals surface area (Å²) in [5, 5.41) is 0. The van der Waals surface area contributed by atoms with Gasteiger partial charge in [0.25, 0.3) is 0 Å². The maximum atomic E-state index is 5.48. The summed E-state index contributed by atoms with van der Waals surface area (Å²) in [4.78, 5) is 5.30. The Labute approximate surface area is 119 Å². The fraction of sp³-hybridized carbons (Fsp3) is 1.00. The van der Waals surface area contributed by atoms with Crippen LogP contribution in [0.4, 0.5) is 0 Å². The third-order valence-electron chi connectivity index (χ3n) is 4.82. The summed E-state index contributed by atoms with van der Waals surface area (Å²) in [7, 11) is 0. The highest BCUT2D eigenvalue weighted by molar-refractivity contribution is 4.81. The van der Waals surface area contributed by atoms with Crippen molar-refractivity contribution in [2.75, 3.05) is 45.9 Å². The number of hydrogen-bond donors (Lipinski definition) is 0. The van der Waals surface area contributed by atoms with Gasteiger partial charge >= 0.3 is 0 Å². The van der Waals surface area contributed by atoms with Crippen molar-refractivity contribution in [1.82, 2.24) is 9.80 Å². The van der Waals surface area contributed by atoms with Gasteiger partial charge in [0.1, 0.15) is 0 Å². The third-order valence-corrected chi connectivity index (χ3v) is 4.82. The smallest absolute Gasteiger partial charge is 0.0593 e. The molecule has 0 aromatic heterocycles. The molecule has 0 unspecified atom stereocenters. The molecule has 0 aromatic carbocycles. The molecule has 2 fully saturated rings. The average Bonchev–Trinajstić information content (AvgIpc) is 2.43. The molecular weight excluding hydrogens is 236 g/mol. The molecule has 0 N–H and O–H groups in total. The Kier molecular flexibility index (Phi) is 6.62. The summed E-state index contributed by atoms with van der Waals surface area (Å²) >= 11 is 0. The Morgan fingerprint density at radius 1 is 1.11 bits per heavy atom. The number of piperazine rings is 1. The molecule has 2 rings (SSSR count). The molecule has 0 bridgehead atoms. The summed E-state index contributed by atoms with van der Waals surface area (Å²) in [5.74, 6) is 0.982. The van der Waals surface area contributed by atoms with E-state index >= 15 is 0 Å². The van der Waals surface area contributed by atoms with Gasteiger partial charge in [0.2, 0.25) is 0 Å². The Balaban J connectivity index is 1.66. The fourth-order valence-electron chi connectivity index (χ4n) is 3.63. The molecule has 112 valence electrons. The molecule has 1 heterocycles. The zero-order valence-electron chi connectivity index (χ0n) is 12.9. The molecular formula is C16H32N2O. The number of ether oxygens (including phenoxy) is 1. The first-order valence-electron chi connectivity index (χ1n) is 8.33. The molecule has 1 saturated heterocycles. The molecule has 1 saturated carbocycles. The molecule has 0 spiro atoms. The van der Waals surface area contributed by atoms with Crippen molar-refractivity contribution in [3.8, 4) is 0 Å². The van der Waals surface area contributed by atoms with E-state index in [9.17, 15) is 0 Å². The summed E-state index contributed by atoms with van der Waals surface area (Å²) < 4.78 is 5.48. The molecule has 1 aliphatic carbocycles. The number of rotatable bonds is 6. The minimum absolute atomic E-state index is 0.692. The van der Waals surface area contributed by atoms with E-state index < -0.39 is 0 Å². The van der Waals surface area contributed by atoms with Crippen LogP contribution < -0.4 is 0 Å². The van der Waals surface area contributed by atoms with Crippen LogP contribution in [0.2, 0.25) is 0 Å². The van der Waals surface area contributed by atoms with E-state index in [1.165, 1.54) is 58.3 Å². The second-order valence-electron chi connectivity index (χ2n) is 6.35. The Bertz CT molecular complexity index is 241. The van der Waals surface area contributed by atoms with Crippen LogP contribution in [0.3, 0.4) is 0 Å². The predicted molar refractivity (Wildman–Crippen MR) is 80.5 cm³/mol. The van der Waals surface area contributed by atoms with Crippen LogP contribution in [0.25, 0.3) is 0 Å². The quantitative estimate of drug-likeness (QED) is 0.689. The van der Waals surface area contributed by atoms with E-state index in [4.69, 9.17) is 4.74 Å². The van der Waals surface area contributed by atoms with Crippen LogP contribution in [0, 0.1) is 5.92 Å². The molecule has 2 aliphatic rings. The van der Waals surface area contributed by atoms with Crippen LogP contribution in [0.1, 0.15) is 46.0 Å². The highest BCUT2D eigenvalue weighted by Crippen LogP contribution is 2.25. The Morgan fingerprint density at radius 2 is 1.89 bits per heavy atom. The van der Waals surface area contributed by atoms with Crippen LogP contribution in [0.5, 0.6) is 0 Å². The van der Waals surface area contributed by atoms with Crippen LogP contribution in [-0.4, -0.2) is 61.8 Å². The third kappa shape index (κ3) is 5.05. The molecule has 19 heavy (non-hydrogen) atoms. The summed E-state index contributed by atoms with van der Waals surface area (Å²) in [6.45, 7) is 12.4. The van der Waals surface area contributed by atoms with Gasteiger partial charge in [0.15, 0.2) is 0 Å². The van der Waals surface area contributed by atoms with E-state index in [2.05, 4.69) is 23.6 Å². The lowest BCUT2D eigenvalue weighted by Gasteiger charge is -2.41. The van der Waals surface area contributed by atoms with Crippen LogP contribution in [-0.2, 0) is 4.74 Å². The van der Waals surface area contributed by atoms with E-state index in [1.807, 2.05) is 0 Å². The van der Waals surface area contributed by atoms with Gasteiger partial charge in [-0.15, -0.1) is 0 Å². The van der Waals surface area contributed by atoms with Crippen molar-refractivity contribution in [2.45, 2.75) is 52.0 Å². The van der Waals surface area contributed by atoms with Crippen LogP contribution in [0.15, 0.2) is 0 Å². The maximum Gasteiger partial charge on any atom is 0.0593 e. The zero-order valence-corrected chi connectivity index (χ0v) is 12.9. The van der Waals surface area contributed by atoms with Crippen molar-refractivity contribution >= 4 is 0 Å². The first-order valence-corrected chi connectivity index (χ1v) is 8.33. The van der Waals surface area contributed by atoms with Gasteiger partial charge in [0, 0.05) is 45.4 Å². The minimum atomic E-state index is 0.692. The van der Waals surface area contributed by atoms with E-state index in [0.717, 1.165) is 25.7 Å². The largest absolute Gasteiger partial charge is 0.380 e. The Morgan fingerprint density at radius 3 is 2.58 bits per heavy atom. The molecule has 1 aliphatic heterocycles. The standard InChI is InChI=1S/C16H32N2O/c1-3-19-12-11-18-10-9-17(13-15(18)2)14-16-7-5-4-6-8-16/h15-16H,3-14H2,1-2H3/t15-/m1/s1. The SMILES string of the molecule is CCOCCN1CCN(CC2CCCCC2)C[C@H]1C. The lowest BCUT2D eigenvalue weighted by molar-refractivity contribution is 0.0412. The van der Waals surface area contributed by atoms with Gasteiger partial charge in [-0.25, -0.2) is 0 Å². The molecule has 3 heteroatoms. The van der Waals surface area contributed by atoms with Gasteiger partial charge in [-0.2, -0.15) is 0 Å². The van der Waals surface area contributed by atoms with Crippen molar-refractivity contribution in [3.63, 3.8) is 0 Å². The normalized spacial score (nSPS) is 27.8. The second kappa shape index (κ2) is 8.23. The molecule has 3 nitrogen and oxygen atoms in total. The van der Waals surface area contributed by atoms with Gasteiger partial charge in [0.05, 0.1) is 6.61 Å². The molecule has 0 aromatic rings. The molecule has 1 atom stereocenters. The van der Waals surface area contributed by atoms with Gasteiger partial charge in [-0.1, -0.05) is 19.3 Å². The first-order chi connectivity index (χ1) is 9.29. The van der Waals surface area contributed by atoms with Crippen molar-refractivity contribution in [3.05, 3.63) is 0 Å². The summed E-state index contributed by atoms with van der Waals surface area (Å²) in [5.41, 5.74) is 0. The van der Waals surface area contributed by atoms with E-state index in [0.29, 0.717) is 6.04 Å². The highest BCUT2D eigenvalue weighted by Gasteiger charge is 2.25. The van der Waals surface area contributed by atoms with Crippen molar-refractivity contribution in [2.24, 2.45) is 5.92 Å². The zero-order chi connectivity index (χ0) is 13.5. The lowest BCUT2D eigenvalue weighted by atomic mass is 9.88. The van der Waals surface area contributed by atoms with Crippen molar-refractivity contribution < 1.29 is 4.74 Å². The monoisotopic (exact) mass is 268 g/mol. The maximum absolute atomic E-state index is 5.48. The van der Waals surface area contributed by atoms with Crippen LogP contribution >= 0.6 is 0 Å². The lowest BCUT2D eigenvalue weighted by Crippen LogP contribution is -2.53. The average molecular weight is 268 g/mol. The van der Waals surface area contributed by atoms with Gasteiger partial charge in [-0.3, -0.25) is 4.90 Å². The Hall–Kier alpha value is -0.120. The number of hydrogen-bond acceptors (Lipinski definition) is 3. The van der Waals surface area contributed by atoms with Gasteiger partial charge < -0.3 is 9.64 Å². The van der Waals surface area contributed by atoms with E-state index in [-0.39, 0.29) is 0 Å². The molecule has 0 radical (unpaired) electrons. The second-order valence-corrected chi connectivity index (χ2v) is 6.35. The first kappa shape index (κ1) is 15.3. The van der Waals surface area contributed by atoms with E-state index in [1.54, 1.807) is 0 Å². The van der Waals surface area contributed by atoms with Gasteiger partial charge in [-0.05, 0) is 32.6 Å². The fourth-order valence-corrected chi connectivity index (χ4v) is 3.63. The van der Waals surface area contributed by atoms with Crippen molar-refractivity contribution in [1.29, 1.82) is 0 Å². The highest BCUT2D eigenvalue weighted by atomic mass is 16.5. The molecule has 0 amide bonds. The topological polar surface area (TPSA) is 15.7 Å². The summed E-state index contributed by atoms with van der Waals surface area (Å²) in [6.07, 6.45) is 7.35. The summed E-state index contributed by atoms with van der Waals surface area (Å²) in [6, 6.07) is 0.692. The number of nitrogens with zero attached hydrogens (tertiary/aromatic N) is 2. The predicted octanol–water partition coefficient (Wildman–Crippen LogP) is 2.61.